The minimum absolute atomic E-state index is 0.428. The summed E-state index contributed by atoms with van der Waals surface area (Å²) in [7, 11) is 0. The van der Waals surface area contributed by atoms with E-state index in [0.717, 1.165) is 45.0 Å². The maximum absolute atomic E-state index is 11.2. The normalized spacial score (nSPS) is 19.2. The van der Waals surface area contributed by atoms with Crippen molar-refractivity contribution in [2.24, 2.45) is 11.5 Å². The molecule has 0 saturated carbocycles. The zero-order chi connectivity index (χ0) is 15.3. The second kappa shape index (κ2) is 6.87. The number of pyridine rings is 1. The fraction of sp³-hybridized carbons (Fsp3) is 0.600. The fourth-order valence-electron chi connectivity index (χ4n) is 2.53. The largest absolute Gasteiger partial charge is 0.368 e. The Morgan fingerprint density at radius 2 is 2.05 bits per heavy atom. The highest BCUT2D eigenvalue weighted by molar-refractivity contribution is 5.83. The van der Waals surface area contributed by atoms with E-state index in [1.165, 1.54) is 0 Å². The highest BCUT2D eigenvalue weighted by atomic mass is 16.1. The van der Waals surface area contributed by atoms with E-state index in [0.29, 0.717) is 6.42 Å². The lowest BCUT2D eigenvalue weighted by Crippen LogP contribution is -2.50. The van der Waals surface area contributed by atoms with Gasteiger partial charge in [0.15, 0.2) is 0 Å². The molecule has 6 heteroatoms. The van der Waals surface area contributed by atoms with Crippen molar-refractivity contribution in [2.45, 2.75) is 25.3 Å². The van der Waals surface area contributed by atoms with Crippen molar-refractivity contribution in [1.29, 1.82) is 0 Å². The number of hydrogen-bond donors (Lipinski definition) is 2. The van der Waals surface area contributed by atoms with Crippen molar-refractivity contribution in [3.8, 4) is 0 Å². The number of nitrogens with zero attached hydrogens (tertiary/aromatic N) is 3. The van der Waals surface area contributed by atoms with Crippen molar-refractivity contribution in [3.63, 3.8) is 0 Å². The van der Waals surface area contributed by atoms with Gasteiger partial charge in [0.25, 0.3) is 0 Å². The molecule has 4 N–H and O–H groups in total. The molecule has 21 heavy (non-hydrogen) atoms. The number of anilines is 1. The summed E-state index contributed by atoms with van der Waals surface area (Å²) in [4.78, 5) is 20.3. The van der Waals surface area contributed by atoms with Gasteiger partial charge >= 0.3 is 0 Å². The van der Waals surface area contributed by atoms with Crippen LogP contribution in [-0.4, -0.2) is 54.1 Å². The van der Waals surface area contributed by atoms with Gasteiger partial charge in [-0.25, -0.2) is 4.98 Å². The van der Waals surface area contributed by atoms with Crippen molar-refractivity contribution >= 4 is 11.7 Å². The van der Waals surface area contributed by atoms with E-state index >= 15 is 0 Å². The average molecular weight is 291 g/mol. The maximum Gasteiger partial charge on any atom is 0.237 e. The second-order valence-electron chi connectivity index (χ2n) is 5.90. The van der Waals surface area contributed by atoms with Gasteiger partial charge in [-0.2, -0.15) is 0 Å². The van der Waals surface area contributed by atoms with E-state index in [4.69, 9.17) is 11.5 Å². The molecule has 1 fully saturated rings. The average Bonchev–Trinajstić information content (AvgIpc) is 2.48. The molecule has 0 aliphatic carbocycles. The quantitative estimate of drug-likeness (QED) is 0.781. The number of piperazine rings is 1. The third-order valence-corrected chi connectivity index (χ3v) is 4.08. The monoisotopic (exact) mass is 291 g/mol. The summed E-state index contributed by atoms with van der Waals surface area (Å²) in [5.74, 6) is 0.614. The third-order valence-electron chi connectivity index (χ3n) is 4.08. The first-order valence-corrected chi connectivity index (χ1v) is 7.46. The van der Waals surface area contributed by atoms with E-state index in [9.17, 15) is 4.79 Å². The first-order chi connectivity index (χ1) is 9.99. The number of hydrogen-bond acceptors (Lipinski definition) is 5. The number of amides is 1. The summed E-state index contributed by atoms with van der Waals surface area (Å²) >= 11 is 0. The maximum atomic E-state index is 11.2. The molecular weight excluding hydrogens is 266 g/mol. The number of carbonyl (C=O) groups is 1. The van der Waals surface area contributed by atoms with E-state index in [1.807, 2.05) is 24.4 Å². The van der Waals surface area contributed by atoms with Crippen LogP contribution in [0.25, 0.3) is 0 Å². The Kier molecular flexibility index (Phi) is 5.14. The Hall–Kier alpha value is -1.66. The molecule has 1 aromatic heterocycles. The first kappa shape index (κ1) is 15.7. The highest BCUT2D eigenvalue weighted by Crippen LogP contribution is 2.14. The predicted octanol–water partition coefficient (Wildman–Crippen LogP) is 0.186. The van der Waals surface area contributed by atoms with Crippen LogP contribution in [0.2, 0.25) is 0 Å². The zero-order valence-corrected chi connectivity index (χ0v) is 12.7. The third kappa shape index (κ3) is 4.41. The molecule has 1 atom stereocenters. The lowest BCUT2D eigenvalue weighted by atomic mass is 9.96. The zero-order valence-electron chi connectivity index (χ0n) is 12.7. The SMILES string of the molecule is CC(N)(CCCN1CCN(c2ccccn2)CC1)C(N)=O. The van der Waals surface area contributed by atoms with Crippen LogP contribution in [0.5, 0.6) is 0 Å². The smallest absolute Gasteiger partial charge is 0.237 e. The van der Waals surface area contributed by atoms with Crippen LogP contribution in [-0.2, 0) is 4.79 Å². The van der Waals surface area contributed by atoms with Gasteiger partial charge in [0.2, 0.25) is 5.91 Å². The Bertz CT molecular complexity index is 454. The second-order valence-corrected chi connectivity index (χ2v) is 5.90. The summed E-state index contributed by atoms with van der Waals surface area (Å²) in [6.45, 7) is 6.63. The summed E-state index contributed by atoms with van der Waals surface area (Å²) in [5.41, 5.74) is 10.3. The van der Waals surface area contributed by atoms with Gasteiger partial charge in [0, 0.05) is 32.4 Å². The molecule has 0 bridgehead atoms. The Morgan fingerprint density at radius 3 is 2.62 bits per heavy atom. The van der Waals surface area contributed by atoms with Crippen LogP contribution in [0.15, 0.2) is 24.4 Å². The summed E-state index contributed by atoms with van der Waals surface area (Å²) in [6.07, 6.45) is 3.34. The van der Waals surface area contributed by atoms with E-state index in [-0.39, 0.29) is 0 Å². The molecule has 1 aliphatic rings. The van der Waals surface area contributed by atoms with E-state index in [2.05, 4.69) is 14.8 Å². The predicted molar refractivity (Wildman–Crippen MR) is 83.9 cm³/mol. The van der Waals surface area contributed by atoms with Crippen molar-refractivity contribution < 1.29 is 4.79 Å². The Morgan fingerprint density at radius 1 is 1.33 bits per heavy atom. The van der Waals surface area contributed by atoms with Crippen LogP contribution < -0.4 is 16.4 Å². The van der Waals surface area contributed by atoms with Crippen LogP contribution in [0, 0.1) is 0 Å². The first-order valence-electron chi connectivity index (χ1n) is 7.46. The van der Waals surface area contributed by atoms with Gasteiger partial charge < -0.3 is 16.4 Å². The number of rotatable bonds is 6. The topological polar surface area (TPSA) is 88.5 Å². The molecule has 116 valence electrons. The summed E-state index contributed by atoms with van der Waals surface area (Å²) in [6, 6.07) is 5.99. The molecule has 0 aromatic carbocycles. The molecule has 1 aromatic rings. The molecule has 6 nitrogen and oxygen atoms in total. The van der Waals surface area contributed by atoms with Crippen LogP contribution in [0.1, 0.15) is 19.8 Å². The van der Waals surface area contributed by atoms with Crippen LogP contribution in [0.3, 0.4) is 0 Å². The minimum Gasteiger partial charge on any atom is -0.368 e. The van der Waals surface area contributed by atoms with Gasteiger partial charge in [0.1, 0.15) is 5.82 Å². The number of carbonyl (C=O) groups excluding carboxylic acids is 1. The molecule has 1 saturated heterocycles. The minimum atomic E-state index is -0.893. The van der Waals surface area contributed by atoms with Crippen LogP contribution in [0.4, 0.5) is 5.82 Å². The van der Waals surface area contributed by atoms with Crippen molar-refractivity contribution in [1.82, 2.24) is 9.88 Å². The summed E-state index contributed by atoms with van der Waals surface area (Å²) in [5, 5.41) is 0. The lowest BCUT2D eigenvalue weighted by Gasteiger charge is -2.35. The molecule has 0 spiro atoms. The number of aromatic nitrogens is 1. The number of primary amides is 1. The molecule has 2 rings (SSSR count). The van der Waals surface area contributed by atoms with E-state index < -0.39 is 11.4 Å². The van der Waals surface area contributed by atoms with Gasteiger partial charge in [-0.1, -0.05) is 6.07 Å². The number of nitrogens with two attached hydrogens (primary N) is 2. The van der Waals surface area contributed by atoms with Gasteiger partial charge in [-0.3, -0.25) is 9.69 Å². The lowest BCUT2D eigenvalue weighted by molar-refractivity contribution is -0.122. The van der Waals surface area contributed by atoms with E-state index in [1.54, 1.807) is 6.92 Å². The molecule has 0 radical (unpaired) electrons. The molecule has 1 unspecified atom stereocenters. The van der Waals surface area contributed by atoms with Crippen molar-refractivity contribution in [3.05, 3.63) is 24.4 Å². The van der Waals surface area contributed by atoms with Crippen LogP contribution >= 0.6 is 0 Å². The molecule has 1 aliphatic heterocycles. The Balaban J connectivity index is 1.71. The molecular formula is C15H25N5O. The Labute approximate surface area is 126 Å². The molecule has 2 heterocycles. The fourth-order valence-corrected chi connectivity index (χ4v) is 2.53. The van der Waals surface area contributed by atoms with Gasteiger partial charge in [-0.15, -0.1) is 0 Å². The van der Waals surface area contributed by atoms with Crippen molar-refractivity contribution in [2.75, 3.05) is 37.6 Å². The van der Waals surface area contributed by atoms with Gasteiger partial charge in [0.05, 0.1) is 5.54 Å². The highest BCUT2D eigenvalue weighted by Gasteiger charge is 2.25. The molecule has 1 amide bonds. The van der Waals surface area contributed by atoms with Gasteiger partial charge in [-0.05, 0) is 38.4 Å². The summed E-state index contributed by atoms with van der Waals surface area (Å²) < 4.78 is 0. The standard InChI is InChI=1S/C15H25N5O/c1-15(17,14(16)21)6-4-8-19-9-11-20(12-10-19)13-5-2-3-7-18-13/h2-3,5,7H,4,6,8-12,17H2,1H3,(H2,16,21).